The zero-order chi connectivity index (χ0) is 36.0. The van der Waals surface area contributed by atoms with Crippen LogP contribution in [0.2, 0.25) is 0 Å². The van der Waals surface area contributed by atoms with Crippen LogP contribution in [0, 0.1) is 0 Å². The molecule has 0 bridgehead atoms. The quantitative estimate of drug-likeness (QED) is 0.182. The van der Waals surface area contributed by atoms with Gasteiger partial charge in [-0.15, -0.1) is 11.3 Å². The van der Waals surface area contributed by atoms with Gasteiger partial charge in [-0.3, -0.25) is 0 Å². The van der Waals surface area contributed by atoms with E-state index in [1.54, 1.807) is 11.3 Å². The Hall–Kier alpha value is -7.15. The summed E-state index contributed by atoms with van der Waals surface area (Å²) >= 11 is 1.79. The Balaban J connectivity index is 1.10. The predicted molar refractivity (Wildman–Crippen MR) is 228 cm³/mol. The van der Waals surface area contributed by atoms with Crippen molar-refractivity contribution in [1.82, 2.24) is 19.5 Å². The van der Waals surface area contributed by atoms with Crippen LogP contribution >= 0.6 is 11.3 Å². The second kappa shape index (κ2) is 11.7. The lowest BCUT2D eigenvalue weighted by Gasteiger charge is -2.12. The van der Waals surface area contributed by atoms with E-state index in [2.05, 4.69) is 156 Å². The number of thiophene rings is 1. The minimum absolute atomic E-state index is 0.590. The summed E-state index contributed by atoms with van der Waals surface area (Å²) in [7, 11) is 0. The third-order valence-corrected chi connectivity index (χ3v) is 12.0. The molecule has 0 aliphatic carbocycles. The molecule has 55 heavy (non-hydrogen) atoms. The molecular formula is C49H28N4OS. The van der Waals surface area contributed by atoms with Crippen molar-refractivity contribution in [2.24, 2.45) is 0 Å². The maximum Gasteiger partial charge on any atom is 0.164 e. The van der Waals surface area contributed by atoms with E-state index in [-0.39, 0.29) is 0 Å². The van der Waals surface area contributed by atoms with Crippen molar-refractivity contribution >= 4 is 86.0 Å². The summed E-state index contributed by atoms with van der Waals surface area (Å²) in [6, 6.07) is 59.7. The summed E-state index contributed by atoms with van der Waals surface area (Å²) < 4.78 is 11.1. The Morgan fingerprint density at radius 3 is 2.02 bits per heavy atom. The Kier molecular flexibility index (Phi) is 6.44. The monoisotopic (exact) mass is 720 g/mol. The minimum atomic E-state index is 0.590. The van der Waals surface area contributed by atoms with Gasteiger partial charge >= 0.3 is 0 Å². The summed E-state index contributed by atoms with van der Waals surface area (Å²) in [4.78, 5) is 15.7. The molecule has 0 saturated carbocycles. The normalized spacial score (nSPS) is 12.0. The molecule has 0 aliphatic heterocycles. The van der Waals surface area contributed by atoms with E-state index >= 15 is 0 Å². The molecule has 12 aromatic rings. The smallest absolute Gasteiger partial charge is 0.164 e. The van der Waals surface area contributed by atoms with Crippen LogP contribution in [-0.2, 0) is 0 Å². The molecule has 0 saturated heterocycles. The van der Waals surface area contributed by atoms with Crippen LogP contribution in [0.15, 0.2) is 174 Å². The van der Waals surface area contributed by atoms with Gasteiger partial charge in [-0.1, -0.05) is 115 Å². The Bertz CT molecular complexity index is 3520. The highest BCUT2D eigenvalue weighted by Crippen LogP contribution is 2.41. The zero-order valence-electron chi connectivity index (χ0n) is 29.3. The second-order valence-corrected chi connectivity index (χ2v) is 15.1. The molecule has 0 radical (unpaired) electrons. The maximum atomic E-state index is 6.32. The fourth-order valence-corrected chi connectivity index (χ4v) is 9.51. The van der Waals surface area contributed by atoms with Gasteiger partial charge < -0.3 is 8.98 Å². The number of hydrogen-bond acceptors (Lipinski definition) is 5. The number of para-hydroxylation sites is 2. The average molecular weight is 721 g/mol. The standard InChI is InChI=1S/C49H28N4OS/c1-2-14-33-29(11-1)24-26-40-45(33)36-16-3-6-19-39(36)53(40)32-13-9-12-30(27-32)47-50-48(31-23-25-35-34-15-4-7-20-41(34)54-42(35)28-31)52-49(51-47)38-18-10-22-44-46(38)37-17-5-8-21-43(37)55-44/h1-28H. The molecule has 12 rings (SSSR count). The average Bonchev–Trinajstić information content (AvgIpc) is 3.93. The van der Waals surface area contributed by atoms with E-state index in [1.807, 2.05) is 18.2 Å². The van der Waals surface area contributed by atoms with Crippen LogP contribution in [0.25, 0.3) is 115 Å². The van der Waals surface area contributed by atoms with E-state index in [9.17, 15) is 0 Å². The first-order valence-corrected chi connectivity index (χ1v) is 19.2. The molecule has 0 atom stereocenters. The van der Waals surface area contributed by atoms with Crippen LogP contribution in [0.4, 0.5) is 0 Å². The molecule has 4 aromatic heterocycles. The molecule has 256 valence electrons. The maximum absolute atomic E-state index is 6.32. The lowest BCUT2D eigenvalue weighted by Crippen LogP contribution is -2.01. The van der Waals surface area contributed by atoms with Crippen LogP contribution < -0.4 is 0 Å². The van der Waals surface area contributed by atoms with Gasteiger partial charge in [0.2, 0.25) is 0 Å². The van der Waals surface area contributed by atoms with Gasteiger partial charge in [0.15, 0.2) is 17.5 Å². The highest BCUT2D eigenvalue weighted by atomic mass is 32.1. The molecule has 0 amide bonds. The number of hydrogen-bond donors (Lipinski definition) is 0. The van der Waals surface area contributed by atoms with Crippen molar-refractivity contribution in [3.8, 4) is 39.9 Å². The fourth-order valence-electron chi connectivity index (χ4n) is 8.38. The van der Waals surface area contributed by atoms with E-state index < -0.39 is 0 Å². The van der Waals surface area contributed by atoms with Crippen molar-refractivity contribution in [2.75, 3.05) is 0 Å². The van der Waals surface area contributed by atoms with E-state index in [1.165, 1.54) is 36.3 Å². The predicted octanol–water partition coefficient (Wildman–Crippen LogP) is 13.4. The molecule has 0 fully saturated rings. The fraction of sp³-hybridized carbons (Fsp3) is 0. The van der Waals surface area contributed by atoms with Gasteiger partial charge in [-0.25, -0.2) is 15.0 Å². The first kappa shape index (κ1) is 30.3. The topological polar surface area (TPSA) is 56.7 Å². The van der Waals surface area contributed by atoms with Crippen LogP contribution in [0.5, 0.6) is 0 Å². The molecule has 0 aliphatic rings. The third kappa shape index (κ3) is 4.62. The zero-order valence-corrected chi connectivity index (χ0v) is 30.1. The largest absolute Gasteiger partial charge is 0.456 e. The summed E-state index contributed by atoms with van der Waals surface area (Å²) in [5.41, 5.74) is 7.76. The number of furan rings is 1. The molecule has 0 unspecified atom stereocenters. The van der Waals surface area contributed by atoms with Gasteiger partial charge in [0.05, 0.1) is 11.0 Å². The molecule has 0 spiro atoms. The number of rotatable bonds is 4. The van der Waals surface area contributed by atoms with Crippen molar-refractivity contribution in [3.63, 3.8) is 0 Å². The highest BCUT2D eigenvalue weighted by Gasteiger charge is 2.20. The first-order valence-electron chi connectivity index (χ1n) is 18.4. The number of fused-ring (bicyclic) bond motifs is 11. The van der Waals surface area contributed by atoms with Crippen LogP contribution in [-0.4, -0.2) is 19.5 Å². The van der Waals surface area contributed by atoms with Gasteiger partial charge in [0.25, 0.3) is 0 Å². The van der Waals surface area contributed by atoms with Gasteiger partial charge in [-0.2, -0.15) is 0 Å². The van der Waals surface area contributed by atoms with Gasteiger partial charge in [0.1, 0.15) is 11.2 Å². The lowest BCUT2D eigenvalue weighted by molar-refractivity contribution is 0.669. The van der Waals surface area contributed by atoms with Gasteiger partial charge in [0, 0.05) is 64.1 Å². The number of benzene rings is 8. The Morgan fingerprint density at radius 1 is 0.418 bits per heavy atom. The molecule has 4 heterocycles. The molecule has 5 nitrogen and oxygen atoms in total. The van der Waals surface area contributed by atoms with E-state index in [0.29, 0.717) is 17.5 Å². The molecule has 0 N–H and O–H groups in total. The van der Waals surface area contributed by atoms with Gasteiger partial charge in [-0.05, 0) is 65.4 Å². The van der Waals surface area contributed by atoms with Crippen LogP contribution in [0.3, 0.4) is 0 Å². The van der Waals surface area contributed by atoms with Crippen molar-refractivity contribution < 1.29 is 4.42 Å². The Morgan fingerprint density at radius 2 is 1.11 bits per heavy atom. The SMILES string of the molecule is c1cc(-c2nc(-c3ccc4c(c3)oc3ccccc34)nc(-c3cccc4sc5ccccc5c34)n2)cc(-n2c3ccccc3c3c4ccccc4ccc32)c1. The molecule has 6 heteroatoms. The van der Waals surface area contributed by atoms with Crippen molar-refractivity contribution in [3.05, 3.63) is 170 Å². The molecule has 8 aromatic carbocycles. The Labute approximate surface area is 318 Å². The highest BCUT2D eigenvalue weighted by molar-refractivity contribution is 7.25. The van der Waals surface area contributed by atoms with E-state index in [0.717, 1.165) is 60.7 Å². The second-order valence-electron chi connectivity index (χ2n) is 14.0. The van der Waals surface area contributed by atoms with E-state index in [4.69, 9.17) is 19.4 Å². The lowest BCUT2D eigenvalue weighted by atomic mass is 10.0. The summed E-state index contributed by atoms with van der Waals surface area (Å²) in [5.74, 6) is 1.83. The minimum Gasteiger partial charge on any atom is -0.456 e. The van der Waals surface area contributed by atoms with Crippen molar-refractivity contribution in [1.29, 1.82) is 0 Å². The van der Waals surface area contributed by atoms with Crippen LogP contribution in [0.1, 0.15) is 0 Å². The summed E-state index contributed by atoms with van der Waals surface area (Å²) in [6.45, 7) is 0. The number of nitrogens with zero attached hydrogens (tertiary/aromatic N) is 4. The first-order chi connectivity index (χ1) is 27.2. The molecular weight excluding hydrogens is 693 g/mol. The summed E-state index contributed by atoms with van der Waals surface area (Å²) in [5, 5.41) is 9.46. The summed E-state index contributed by atoms with van der Waals surface area (Å²) in [6.07, 6.45) is 0. The number of aromatic nitrogens is 4. The third-order valence-electron chi connectivity index (χ3n) is 10.8. The van der Waals surface area contributed by atoms with Crippen molar-refractivity contribution in [2.45, 2.75) is 0 Å².